The van der Waals surface area contributed by atoms with Crippen molar-refractivity contribution < 1.29 is 67.4 Å². The molecule has 0 radical (unpaired) electrons. The van der Waals surface area contributed by atoms with Gasteiger partial charge in [-0.2, -0.15) is 0 Å². The Morgan fingerprint density at radius 1 is 0.949 bits per heavy atom. The molecule has 2 aromatic carbocycles. The van der Waals surface area contributed by atoms with Crippen LogP contribution < -0.4 is 11.1 Å². The first-order valence-corrected chi connectivity index (χ1v) is 19.2. The lowest BCUT2D eigenvalue weighted by atomic mass is 9.58. The quantitative estimate of drug-likeness (QED) is 0.0853. The number of hydrogen-bond acceptors (Lipinski definition) is 14. The van der Waals surface area contributed by atoms with E-state index in [1.54, 1.807) is 69.3 Å². The minimum absolute atomic E-state index is 0.0266. The predicted molar refractivity (Wildman–Crippen MR) is 212 cm³/mol. The second-order valence-electron chi connectivity index (χ2n) is 16.3. The number of aliphatic hydroxyl groups excluding tert-OH is 1. The zero-order valence-corrected chi connectivity index (χ0v) is 34.9. The fourth-order valence-electron chi connectivity index (χ4n) is 6.99. The average Bonchev–Trinajstić information content (AvgIpc) is 3.16. The maximum atomic E-state index is 14.5. The summed E-state index contributed by atoms with van der Waals surface area (Å²) in [6, 6.07) is 15.0. The van der Waals surface area contributed by atoms with Crippen molar-refractivity contribution in [3.63, 3.8) is 0 Å². The highest BCUT2D eigenvalue weighted by atomic mass is 16.6. The Balaban J connectivity index is 2.18. The molecule has 2 aromatic rings. The van der Waals surface area contributed by atoms with Crippen molar-refractivity contribution in [2.45, 2.75) is 97.4 Å². The molecule has 1 unspecified atom stereocenters. The molecule has 324 valence electrons. The molecule has 16 heteroatoms. The van der Waals surface area contributed by atoms with Gasteiger partial charge in [0, 0.05) is 38.2 Å². The van der Waals surface area contributed by atoms with Gasteiger partial charge in [-0.1, -0.05) is 90.1 Å². The molecule has 0 aromatic heterocycles. The zero-order chi connectivity index (χ0) is 44.1. The lowest BCUT2D eigenvalue weighted by Gasteiger charge is -2.54. The molecule has 59 heavy (non-hydrogen) atoms. The SMILES string of the molecule is CO[C@@H](CO)C1=C[C@@H](OC(=O)[C@H](OC(=O)COCC(N)=O)C(NC(=O)CC(C)(C)C)c2ccccc2)C[C@@](O)([C@@H](OC(=O)c2ccccc2)[C@@H](C)COC(C)=O)C1(C)C. The zero-order valence-electron chi connectivity index (χ0n) is 34.9. The van der Waals surface area contributed by atoms with Crippen LogP contribution in [0.25, 0.3) is 0 Å². The third-order valence-corrected chi connectivity index (χ3v) is 9.95. The average molecular weight is 827 g/mol. The molecule has 0 saturated heterocycles. The van der Waals surface area contributed by atoms with E-state index in [0.29, 0.717) is 5.56 Å². The fourth-order valence-corrected chi connectivity index (χ4v) is 6.99. The Morgan fingerprint density at radius 3 is 2.10 bits per heavy atom. The Labute approximate surface area is 344 Å². The highest BCUT2D eigenvalue weighted by Crippen LogP contribution is 2.51. The van der Waals surface area contributed by atoms with Crippen LogP contribution >= 0.6 is 0 Å². The van der Waals surface area contributed by atoms with Crippen molar-refractivity contribution in [1.82, 2.24) is 5.32 Å². The highest BCUT2D eigenvalue weighted by molar-refractivity contribution is 5.89. The number of benzene rings is 2. The number of nitrogens with two attached hydrogens (primary N) is 1. The van der Waals surface area contributed by atoms with E-state index in [1.807, 2.05) is 20.8 Å². The van der Waals surface area contributed by atoms with Crippen molar-refractivity contribution in [2.24, 2.45) is 22.5 Å². The fraction of sp³-hybridized carbons (Fsp3) is 0.535. The first-order valence-electron chi connectivity index (χ1n) is 19.2. The van der Waals surface area contributed by atoms with E-state index in [9.17, 15) is 39.0 Å². The van der Waals surface area contributed by atoms with E-state index in [1.165, 1.54) is 32.2 Å². The van der Waals surface area contributed by atoms with Gasteiger partial charge in [-0.25, -0.2) is 14.4 Å². The number of nitrogens with one attached hydrogen (secondary N) is 1. The van der Waals surface area contributed by atoms with Crippen molar-refractivity contribution in [1.29, 1.82) is 0 Å². The molecule has 1 aliphatic rings. The second kappa shape index (κ2) is 21.2. The van der Waals surface area contributed by atoms with Crippen LogP contribution in [0.3, 0.4) is 0 Å². The summed E-state index contributed by atoms with van der Waals surface area (Å²) in [6.45, 7) is 9.40. The van der Waals surface area contributed by atoms with Gasteiger partial charge in [-0.15, -0.1) is 0 Å². The number of primary amides is 1. The molecule has 0 saturated carbocycles. The highest BCUT2D eigenvalue weighted by Gasteiger charge is 2.59. The summed E-state index contributed by atoms with van der Waals surface area (Å²) < 4.78 is 33.8. The summed E-state index contributed by atoms with van der Waals surface area (Å²) in [5.41, 5.74) is 1.95. The van der Waals surface area contributed by atoms with E-state index in [-0.39, 0.29) is 24.2 Å². The summed E-state index contributed by atoms with van der Waals surface area (Å²) in [7, 11) is 1.34. The molecule has 2 amide bonds. The van der Waals surface area contributed by atoms with Gasteiger partial charge in [0.2, 0.25) is 17.9 Å². The number of carbonyl (C=O) groups is 6. The van der Waals surface area contributed by atoms with Gasteiger partial charge in [-0.05, 0) is 34.8 Å². The van der Waals surface area contributed by atoms with Gasteiger partial charge in [0.05, 0.1) is 18.8 Å². The number of methoxy groups -OCH3 is 1. The summed E-state index contributed by atoms with van der Waals surface area (Å²) >= 11 is 0. The maximum absolute atomic E-state index is 14.5. The van der Waals surface area contributed by atoms with Gasteiger partial charge in [0.1, 0.15) is 43.2 Å². The van der Waals surface area contributed by atoms with Gasteiger partial charge in [0.15, 0.2) is 0 Å². The lowest BCUT2D eigenvalue weighted by molar-refractivity contribution is -0.197. The molecule has 16 nitrogen and oxygen atoms in total. The van der Waals surface area contributed by atoms with E-state index < -0.39 is 115 Å². The van der Waals surface area contributed by atoms with Crippen LogP contribution in [0.15, 0.2) is 72.3 Å². The molecule has 5 N–H and O–H groups in total. The third-order valence-electron chi connectivity index (χ3n) is 9.95. The van der Waals surface area contributed by atoms with Crippen LogP contribution in [0, 0.1) is 16.7 Å². The van der Waals surface area contributed by atoms with Crippen LogP contribution in [0.4, 0.5) is 0 Å². The molecule has 3 rings (SSSR count). The van der Waals surface area contributed by atoms with Gasteiger partial charge in [0.25, 0.3) is 0 Å². The minimum Gasteiger partial charge on any atom is -0.465 e. The first-order chi connectivity index (χ1) is 27.6. The molecule has 0 spiro atoms. The van der Waals surface area contributed by atoms with Crippen LogP contribution in [0.1, 0.15) is 83.3 Å². The summed E-state index contributed by atoms with van der Waals surface area (Å²) in [6.07, 6.45) is -4.63. The minimum atomic E-state index is -2.13. The normalized spacial score (nSPS) is 20.0. The first kappa shape index (κ1) is 48.2. The number of ether oxygens (including phenoxy) is 6. The third kappa shape index (κ3) is 13.4. The van der Waals surface area contributed by atoms with Gasteiger partial charge < -0.3 is 49.7 Å². The monoisotopic (exact) mass is 826 g/mol. The second-order valence-corrected chi connectivity index (χ2v) is 16.3. The van der Waals surface area contributed by atoms with E-state index >= 15 is 0 Å². The Morgan fingerprint density at radius 2 is 1.56 bits per heavy atom. The van der Waals surface area contributed by atoms with Crippen molar-refractivity contribution >= 4 is 35.7 Å². The van der Waals surface area contributed by atoms with Gasteiger partial charge >= 0.3 is 23.9 Å². The van der Waals surface area contributed by atoms with E-state index in [2.05, 4.69) is 5.32 Å². The molecule has 0 aliphatic heterocycles. The van der Waals surface area contributed by atoms with E-state index in [0.717, 1.165) is 0 Å². The smallest absolute Gasteiger partial charge is 0.350 e. The Bertz CT molecular complexity index is 1790. The molecule has 1 aliphatic carbocycles. The van der Waals surface area contributed by atoms with Crippen molar-refractivity contribution in [2.75, 3.05) is 33.5 Å². The standard InChI is InChI=1S/C43H58N2O14/c1-26(23-56-27(2)47)38(59-39(51)29-17-13-10-14-18-29)43(53)20-30(19-31(42(43,6)7)32(22-46)54-8)57-40(52)37(58-35(50)25-55-24-33(44)48)36(28-15-11-9-12-16-28)45-34(49)21-41(3,4)5/h9-19,26,30,32,36-38,46,53H,20-25H2,1-8H3,(H2,44,48)(H,45,49)/t26-,30+,32-,36?,37+,38-,43+/m0/s1. The van der Waals surface area contributed by atoms with Crippen LogP contribution in [0.2, 0.25) is 0 Å². The summed E-state index contributed by atoms with van der Waals surface area (Å²) in [5.74, 6) is -5.85. The molecule has 0 heterocycles. The molecule has 0 fully saturated rings. The largest absolute Gasteiger partial charge is 0.465 e. The van der Waals surface area contributed by atoms with Crippen molar-refractivity contribution in [3.05, 3.63) is 83.4 Å². The topological polar surface area (TPSA) is 236 Å². The number of carbonyl (C=O) groups excluding carboxylic acids is 6. The van der Waals surface area contributed by atoms with Gasteiger partial charge in [-0.3, -0.25) is 14.4 Å². The maximum Gasteiger partial charge on any atom is 0.350 e. The predicted octanol–water partition coefficient (Wildman–Crippen LogP) is 3.13. The van der Waals surface area contributed by atoms with Crippen LogP contribution in [-0.4, -0.2) is 109 Å². The number of aliphatic hydroxyl groups is 2. The Hall–Kier alpha value is -5.16. The number of rotatable bonds is 20. The summed E-state index contributed by atoms with van der Waals surface area (Å²) in [5, 5.41) is 26.3. The number of amides is 2. The summed E-state index contributed by atoms with van der Waals surface area (Å²) in [4.78, 5) is 78.0. The van der Waals surface area contributed by atoms with E-state index in [4.69, 9.17) is 34.2 Å². The van der Waals surface area contributed by atoms with Crippen LogP contribution in [-0.2, 0) is 52.4 Å². The molecule has 0 bridgehead atoms. The number of hydrogen-bond donors (Lipinski definition) is 4. The Kier molecular flexibility index (Phi) is 17.3. The number of esters is 4. The molecular formula is C43H58N2O14. The molecular weight excluding hydrogens is 768 g/mol. The van der Waals surface area contributed by atoms with Crippen molar-refractivity contribution in [3.8, 4) is 0 Å². The van der Waals surface area contributed by atoms with Crippen LogP contribution in [0.5, 0.6) is 0 Å². The lowest BCUT2D eigenvalue weighted by Crippen LogP contribution is -2.63. The molecule has 7 atom stereocenters.